The number of allylic oxidation sites excluding steroid dienone is 7. The van der Waals surface area contributed by atoms with Gasteiger partial charge in [-0.1, -0.05) is 37.0 Å². The highest BCUT2D eigenvalue weighted by molar-refractivity contribution is 5.36. The average Bonchev–Trinajstić information content (AvgIpc) is 2.03. The monoisotopic (exact) mass is 148 g/mol. The van der Waals surface area contributed by atoms with Crippen LogP contribution >= 0.6 is 0 Å². The summed E-state index contributed by atoms with van der Waals surface area (Å²) in [6.45, 7) is 9.98. The Hall–Kier alpha value is -1.04. The van der Waals surface area contributed by atoms with Gasteiger partial charge in [-0.25, -0.2) is 0 Å². The molecule has 0 amide bonds. The summed E-state index contributed by atoms with van der Waals surface area (Å²) in [5, 5.41) is 0. The Morgan fingerprint density at radius 1 is 1.18 bits per heavy atom. The van der Waals surface area contributed by atoms with E-state index in [0.29, 0.717) is 0 Å². The highest BCUT2D eigenvalue weighted by Gasteiger charge is 1.86. The fourth-order valence-electron chi connectivity index (χ4n) is 0.600. The van der Waals surface area contributed by atoms with Crippen LogP contribution in [0.1, 0.15) is 20.8 Å². The second-order valence-electron chi connectivity index (χ2n) is 2.38. The Morgan fingerprint density at radius 3 is 2.27 bits per heavy atom. The van der Waals surface area contributed by atoms with Crippen molar-refractivity contribution in [2.75, 3.05) is 0 Å². The second kappa shape index (κ2) is 5.72. The van der Waals surface area contributed by atoms with Gasteiger partial charge in [-0.2, -0.15) is 0 Å². The predicted molar refractivity (Wildman–Crippen MR) is 52.5 cm³/mol. The van der Waals surface area contributed by atoms with Crippen LogP contribution in [0.25, 0.3) is 0 Å². The quantitative estimate of drug-likeness (QED) is 0.536. The third-order valence-electron chi connectivity index (χ3n) is 1.54. The lowest BCUT2D eigenvalue weighted by Gasteiger charge is -1.95. The van der Waals surface area contributed by atoms with Crippen molar-refractivity contribution in [3.05, 3.63) is 48.1 Å². The smallest absolute Gasteiger partial charge is 0.0303 e. The molecule has 0 aromatic rings. The van der Waals surface area contributed by atoms with Crippen LogP contribution in [0, 0.1) is 0 Å². The van der Waals surface area contributed by atoms with E-state index in [0.717, 1.165) is 5.57 Å². The maximum absolute atomic E-state index is 3.91. The van der Waals surface area contributed by atoms with Crippen molar-refractivity contribution in [2.24, 2.45) is 0 Å². The topological polar surface area (TPSA) is 0 Å². The third kappa shape index (κ3) is 4.38. The lowest BCUT2D eigenvalue weighted by molar-refractivity contribution is 1.41. The zero-order chi connectivity index (χ0) is 8.69. The predicted octanol–water partition coefficient (Wildman–Crippen LogP) is 3.64. The first-order valence-electron chi connectivity index (χ1n) is 3.84. The van der Waals surface area contributed by atoms with E-state index < -0.39 is 0 Å². The van der Waals surface area contributed by atoms with E-state index in [1.54, 1.807) is 0 Å². The summed E-state index contributed by atoms with van der Waals surface area (Å²) in [6.07, 6.45) is 10.1. The maximum Gasteiger partial charge on any atom is -0.0303 e. The second-order valence-corrected chi connectivity index (χ2v) is 2.38. The van der Waals surface area contributed by atoms with Crippen LogP contribution in [0.3, 0.4) is 0 Å². The molecule has 0 heteroatoms. The van der Waals surface area contributed by atoms with Crippen LogP contribution in [-0.2, 0) is 0 Å². The minimum atomic E-state index is 1.07. The minimum absolute atomic E-state index is 1.07. The van der Waals surface area contributed by atoms with Gasteiger partial charge in [-0.15, -0.1) is 0 Å². The molecule has 0 aromatic carbocycles. The summed E-state index contributed by atoms with van der Waals surface area (Å²) in [4.78, 5) is 0. The van der Waals surface area contributed by atoms with Crippen LogP contribution in [0.15, 0.2) is 48.1 Å². The first-order chi connectivity index (χ1) is 5.22. The Bertz CT molecular complexity index is 202. The lowest BCUT2D eigenvalue weighted by Crippen LogP contribution is -1.75. The number of hydrogen-bond donors (Lipinski definition) is 0. The van der Waals surface area contributed by atoms with E-state index in [1.807, 2.05) is 38.2 Å². The molecule has 0 spiro atoms. The molecule has 0 nitrogen and oxygen atoms in total. The largest absolute Gasteiger partial charge is 0.0915 e. The van der Waals surface area contributed by atoms with Gasteiger partial charge >= 0.3 is 0 Å². The summed E-state index contributed by atoms with van der Waals surface area (Å²) in [5.74, 6) is 0. The van der Waals surface area contributed by atoms with Crippen molar-refractivity contribution in [1.29, 1.82) is 0 Å². The van der Waals surface area contributed by atoms with Crippen molar-refractivity contribution in [1.82, 2.24) is 0 Å². The Kier molecular flexibility index (Phi) is 5.18. The van der Waals surface area contributed by atoms with E-state index in [2.05, 4.69) is 19.6 Å². The van der Waals surface area contributed by atoms with E-state index in [4.69, 9.17) is 0 Å². The normalized spacial score (nSPS) is 13.2. The van der Waals surface area contributed by atoms with Crippen LogP contribution in [0.5, 0.6) is 0 Å². The van der Waals surface area contributed by atoms with Gasteiger partial charge in [0.05, 0.1) is 0 Å². The molecule has 0 fully saturated rings. The zero-order valence-electron chi connectivity index (χ0n) is 7.59. The van der Waals surface area contributed by atoms with Crippen molar-refractivity contribution >= 4 is 0 Å². The zero-order valence-corrected chi connectivity index (χ0v) is 7.59. The van der Waals surface area contributed by atoms with Crippen molar-refractivity contribution in [3.8, 4) is 0 Å². The Morgan fingerprint density at radius 2 is 1.82 bits per heavy atom. The Balaban J connectivity index is 4.08. The standard InChI is InChI=1S/C11H16/c1-5-7-8-9-11(4)10(3)6-2/h5-9H,4H2,1-3H3/b7-5-,9-8-,10-6+. The summed E-state index contributed by atoms with van der Waals surface area (Å²) in [6, 6.07) is 0. The first kappa shape index (κ1) is 9.96. The SMILES string of the molecule is C=C(/C=C\C=C/C)/C(C)=C/C. The average molecular weight is 148 g/mol. The van der Waals surface area contributed by atoms with Gasteiger partial charge in [0, 0.05) is 0 Å². The molecule has 0 atom stereocenters. The lowest BCUT2D eigenvalue weighted by atomic mass is 10.1. The third-order valence-corrected chi connectivity index (χ3v) is 1.54. The molecule has 0 aliphatic rings. The highest BCUT2D eigenvalue weighted by atomic mass is 13.9. The molecule has 60 valence electrons. The maximum atomic E-state index is 3.91. The highest BCUT2D eigenvalue weighted by Crippen LogP contribution is 2.06. The van der Waals surface area contributed by atoms with Crippen LogP contribution in [-0.4, -0.2) is 0 Å². The molecule has 0 aromatic heterocycles. The van der Waals surface area contributed by atoms with Crippen molar-refractivity contribution in [3.63, 3.8) is 0 Å². The van der Waals surface area contributed by atoms with Gasteiger partial charge in [-0.05, 0) is 31.9 Å². The molecule has 0 unspecified atom stereocenters. The van der Waals surface area contributed by atoms with Crippen LogP contribution < -0.4 is 0 Å². The Labute approximate surface area is 69.6 Å². The molecule has 0 rings (SSSR count). The summed E-state index contributed by atoms with van der Waals surface area (Å²) < 4.78 is 0. The van der Waals surface area contributed by atoms with Gasteiger partial charge in [0.25, 0.3) is 0 Å². The fraction of sp³-hybridized carbons (Fsp3) is 0.273. The summed E-state index contributed by atoms with van der Waals surface area (Å²) >= 11 is 0. The van der Waals surface area contributed by atoms with Gasteiger partial charge < -0.3 is 0 Å². The van der Waals surface area contributed by atoms with Crippen LogP contribution in [0.2, 0.25) is 0 Å². The van der Waals surface area contributed by atoms with E-state index in [-0.39, 0.29) is 0 Å². The van der Waals surface area contributed by atoms with E-state index >= 15 is 0 Å². The molecule has 0 N–H and O–H groups in total. The molecule has 0 bridgehead atoms. The van der Waals surface area contributed by atoms with Gasteiger partial charge in [-0.3, -0.25) is 0 Å². The number of rotatable bonds is 3. The summed E-state index contributed by atoms with van der Waals surface area (Å²) in [7, 11) is 0. The molecule has 11 heavy (non-hydrogen) atoms. The first-order valence-corrected chi connectivity index (χ1v) is 3.84. The van der Waals surface area contributed by atoms with Crippen molar-refractivity contribution in [2.45, 2.75) is 20.8 Å². The number of hydrogen-bond acceptors (Lipinski definition) is 0. The van der Waals surface area contributed by atoms with Crippen molar-refractivity contribution < 1.29 is 0 Å². The van der Waals surface area contributed by atoms with Gasteiger partial charge in [0.2, 0.25) is 0 Å². The molecule has 0 aliphatic carbocycles. The van der Waals surface area contributed by atoms with Crippen LogP contribution in [0.4, 0.5) is 0 Å². The molecular formula is C11H16. The minimum Gasteiger partial charge on any atom is -0.0915 e. The molecule has 0 saturated heterocycles. The van der Waals surface area contributed by atoms with E-state index in [9.17, 15) is 0 Å². The molecular weight excluding hydrogens is 132 g/mol. The fourth-order valence-corrected chi connectivity index (χ4v) is 0.600. The van der Waals surface area contributed by atoms with Gasteiger partial charge in [0.1, 0.15) is 0 Å². The van der Waals surface area contributed by atoms with Gasteiger partial charge in [0.15, 0.2) is 0 Å². The molecule has 0 aliphatic heterocycles. The summed E-state index contributed by atoms with van der Waals surface area (Å²) in [5.41, 5.74) is 2.30. The molecule has 0 saturated carbocycles. The van der Waals surface area contributed by atoms with E-state index in [1.165, 1.54) is 5.57 Å². The molecule has 0 heterocycles. The molecule has 0 radical (unpaired) electrons.